The van der Waals surface area contributed by atoms with Gasteiger partial charge in [0.15, 0.2) is 0 Å². The van der Waals surface area contributed by atoms with Gasteiger partial charge in [0.1, 0.15) is 0 Å². The van der Waals surface area contributed by atoms with Crippen LogP contribution in [-0.2, 0) is 4.79 Å². The average Bonchev–Trinajstić information content (AvgIpc) is 2.61. The molecule has 0 heterocycles. The average molecular weight is 298 g/mol. The minimum absolute atomic E-state index is 0.163. The van der Waals surface area contributed by atoms with E-state index in [0.29, 0.717) is 10.9 Å². The Morgan fingerprint density at radius 1 is 1.15 bits per heavy atom. The zero-order chi connectivity index (χ0) is 15.3. The molecular formula is C16H30N2OS. The standard InChI is InChI=1S/C16H30N2OS/c1-12(2)11-18(13(3)4)15(19)16(14(17)20)9-7-5-6-8-10-16/h12-13H,5-11H2,1-4H3,(H2,17,20). The van der Waals surface area contributed by atoms with E-state index in [1.54, 1.807) is 0 Å². The molecule has 0 spiro atoms. The number of nitrogens with zero attached hydrogens (tertiary/aromatic N) is 1. The van der Waals surface area contributed by atoms with Crippen molar-refractivity contribution in [1.29, 1.82) is 0 Å². The van der Waals surface area contributed by atoms with E-state index in [2.05, 4.69) is 27.7 Å². The number of nitrogens with two attached hydrogens (primary N) is 1. The molecule has 0 radical (unpaired) electrons. The molecule has 1 aliphatic rings. The van der Waals surface area contributed by atoms with Crippen LogP contribution in [0, 0.1) is 11.3 Å². The smallest absolute Gasteiger partial charge is 0.235 e. The van der Waals surface area contributed by atoms with E-state index in [-0.39, 0.29) is 11.9 Å². The molecule has 1 amide bonds. The Kier molecular flexibility index (Phi) is 6.44. The summed E-state index contributed by atoms with van der Waals surface area (Å²) in [6, 6.07) is 0.194. The summed E-state index contributed by atoms with van der Waals surface area (Å²) in [5.74, 6) is 0.617. The van der Waals surface area contributed by atoms with Crippen molar-refractivity contribution in [3.05, 3.63) is 0 Å². The van der Waals surface area contributed by atoms with E-state index in [0.717, 1.165) is 32.2 Å². The quantitative estimate of drug-likeness (QED) is 0.624. The molecule has 0 bridgehead atoms. The number of carbonyl (C=O) groups excluding carboxylic acids is 1. The van der Waals surface area contributed by atoms with Crippen LogP contribution in [0.1, 0.15) is 66.2 Å². The predicted molar refractivity (Wildman–Crippen MR) is 88.6 cm³/mol. The molecule has 0 aliphatic heterocycles. The van der Waals surface area contributed by atoms with Gasteiger partial charge in [0.05, 0.1) is 10.4 Å². The van der Waals surface area contributed by atoms with Crippen LogP contribution in [0.4, 0.5) is 0 Å². The van der Waals surface area contributed by atoms with Gasteiger partial charge in [-0.25, -0.2) is 0 Å². The van der Waals surface area contributed by atoms with E-state index in [4.69, 9.17) is 18.0 Å². The van der Waals surface area contributed by atoms with Crippen molar-refractivity contribution >= 4 is 23.1 Å². The van der Waals surface area contributed by atoms with Gasteiger partial charge in [0.25, 0.3) is 0 Å². The summed E-state index contributed by atoms with van der Waals surface area (Å²) < 4.78 is 0. The second kappa shape index (κ2) is 7.39. The predicted octanol–water partition coefficient (Wildman–Crippen LogP) is 3.51. The van der Waals surface area contributed by atoms with Crippen molar-refractivity contribution in [3.8, 4) is 0 Å². The molecule has 0 atom stereocenters. The molecule has 0 saturated heterocycles. The highest BCUT2D eigenvalue weighted by atomic mass is 32.1. The Bertz CT molecular complexity index is 344. The summed E-state index contributed by atoms with van der Waals surface area (Å²) in [4.78, 5) is 15.5. The first kappa shape index (κ1) is 17.4. The normalized spacial score (nSPS) is 18.9. The summed E-state index contributed by atoms with van der Waals surface area (Å²) in [6.45, 7) is 9.21. The number of amides is 1. The van der Waals surface area contributed by atoms with Crippen LogP contribution in [0.5, 0.6) is 0 Å². The highest BCUT2D eigenvalue weighted by molar-refractivity contribution is 7.80. The zero-order valence-electron chi connectivity index (χ0n) is 13.4. The Hall–Kier alpha value is -0.640. The zero-order valence-corrected chi connectivity index (χ0v) is 14.3. The van der Waals surface area contributed by atoms with Crippen LogP contribution < -0.4 is 5.73 Å². The first-order valence-electron chi connectivity index (χ1n) is 7.92. The van der Waals surface area contributed by atoms with E-state index in [9.17, 15) is 4.79 Å². The lowest BCUT2D eigenvalue weighted by atomic mass is 9.78. The number of hydrogen-bond acceptors (Lipinski definition) is 2. The van der Waals surface area contributed by atoms with Gasteiger partial charge in [0, 0.05) is 12.6 Å². The molecule has 1 fully saturated rings. The molecule has 0 aromatic rings. The molecule has 1 rings (SSSR count). The van der Waals surface area contributed by atoms with Crippen LogP contribution in [0.3, 0.4) is 0 Å². The van der Waals surface area contributed by atoms with E-state index in [1.165, 1.54) is 12.8 Å². The molecule has 1 saturated carbocycles. The Labute approximate surface area is 129 Å². The molecule has 0 aromatic heterocycles. The fourth-order valence-electron chi connectivity index (χ4n) is 3.09. The fraction of sp³-hybridized carbons (Fsp3) is 0.875. The lowest BCUT2D eigenvalue weighted by molar-refractivity contribution is -0.141. The Morgan fingerprint density at radius 2 is 1.65 bits per heavy atom. The second-order valence-corrected chi connectivity index (χ2v) is 7.25. The van der Waals surface area contributed by atoms with Gasteiger partial charge in [-0.05, 0) is 32.6 Å². The van der Waals surface area contributed by atoms with Crippen molar-refractivity contribution in [2.45, 2.75) is 72.3 Å². The van der Waals surface area contributed by atoms with Crippen molar-refractivity contribution in [3.63, 3.8) is 0 Å². The summed E-state index contributed by atoms with van der Waals surface area (Å²) in [5.41, 5.74) is 5.43. The summed E-state index contributed by atoms with van der Waals surface area (Å²) >= 11 is 5.31. The third kappa shape index (κ3) is 3.94. The second-order valence-electron chi connectivity index (χ2n) is 6.81. The number of thiocarbonyl (C=S) groups is 1. The van der Waals surface area contributed by atoms with Gasteiger partial charge in [-0.1, -0.05) is 51.7 Å². The third-order valence-corrected chi connectivity index (χ3v) is 4.67. The van der Waals surface area contributed by atoms with Crippen LogP contribution in [-0.4, -0.2) is 28.4 Å². The molecule has 4 heteroatoms. The molecule has 0 aromatic carbocycles. The van der Waals surface area contributed by atoms with Crippen LogP contribution in [0.2, 0.25) is 0 Å². The largest absolute Gasteiger partial charge is 0.392 e. The summed E-state index contributed by atoms with van der Waals surface area (Å²) in [6.07, 6.45) is 6.12. The third-order valence-electron chi connectivity index (χ3n) is 4.28. The monoisotopic (exact) mass is 298 g/mol. The van der Waals surface area contributed by atoms with Crippen LogP contribution in [0.15, 0.2) is 0 Å². The van der Waals surface area contributed by atoms with Crippen molar-refractivity contribution in [2.75, 3.05) is 6.54 Å². The molecular weight excluding hydrogens is 268 g/mol. The van der Waals surface area contributed by atoms with Gasteiger partial charge in [-0.3, -0.25) is 4.79 Å². The maximum atomic E-state index is 13.1. The minimum atomic E-state index is -0.592. The lowest BCUT2D eigenvalue weighted by Gasteiger charge is -2.39. The topological polar surface area (TPSA) is 46.3 Å². The van der Waals surface area contributed by atoms with E-state index < -0.39 is 5.41 Å². The van der Waals surface area contributed by atoms with Gasteiger partial charge in [0.2, 0.25) is 5.91 Å². The molecule has 116 valence electrons. The first-order valence-corrected chi connectivity index (χ1v) is 8.33. The minimum Gasteiger partial charge on any atom is -0.392 e. The number of rotatable bonds is 5. The van der Waals surface area contributed by atoms with Crippen LogP contribution >= 0.6 is 12.2 Å². The molecule has 1 aliphatic carbocycles. The van der Waals surface area contributed by atoms with Crippen molar-refractivity contribution < 1.29 is 4.79 Å². The highest BCUT2D eigenvalue weighted by Crippen LogP contribution is 2.38. The molecule has 2 N–H and O–H groups in total. The number of hydrogen-bond donors (Lipinski definition) is 1. The van der Waals surface area contributed by atoms with Gasteiger partial charge >= 0.3 is 0 Å². The van der Waals surface area contributed by atoms with Gasteiger partial charge in [-0.15, -0.1) is 0 Å². The Balaban J connectivity index is 3.04. The van der Waals surface area contributed by atoms with Gasteiger partial charge in [-0.2, -0.15) is 0 Å². The van der Waals surface area contributed by atoms with E-state index in [1.807, 2.05) is 4.90 Å². The molecule has 3 nitrogen and oxygen atoms in total. The first-order chi connectivity index (χ1) is 9.31. The number of carbonyl (C=O) groups is 1. The van der Waals surface area contributed by atoms with Crippen molar-refractivity contribution in [1.82, 2.24) is 4.90 Å². The maximum absolute atomic E-state index is 13.1. The fourth-order valence-corrected chi connectivity index (χ4v) is 3.39. The SMILES string of the molecule is CC(C)CN(C(=O)C1(C(N)=S)CCCCCC1)C(C)C. The summed E-state index contributed by atoms with van der Waals surface area (Å²) in [5, 5.41) is 0. The van der Waals surface area contributed by atoms with Crippen LogP contribution in [0.25, 0.3) is 0 Å². The lowest BCUT2D eigenvalue weighted by Crippen LogP contribution is -2.53. The highest BCUT2D eigenvalue weighted by Gasteiger charge is 2.44. The van der Waals surface area contributed by atoms with Crippen molar-refractivity contribution in [2.24, 2.45) is 17.1 Å². The summed E-state index contributed by atoms with van der Waals surface area (Å²) in [7, 11) is 0. The van der Waals surface area contributed by atoms with E-state index >= 15 is 0 Å². The van der Waals surface area contributed by atoms with Gasteiger partial charge < -0.3 is 10.6 Å². The Morgan fingerprint density at radius 3 is 2.00 bits per heavy atom. The maximum Gasteiger partial charge on any atom is 0.235 e. The molecule has 20 heavy (non-hydrogen) atoms. The molecule has 0 unspecified atom stereocenters.